The van der Waals surface area contributed by atoms with Crippen LogP contribution >= 0.6 is 0 Å². The molecular weight excluding hydrogens is 360 g/mol. The van der Waals surface area contributed by atoms with Crippen LogP contribution in [0, 0.1) is 6.92 Å². The van der Waals surface area contributed by atoms with Crippen molar-refractivity contribution in [1.82, 2.24) is 10.3 Å². The normalized spacial score (nSPS) is 11.4. The largest absolute Gasteiger partial charge is 0.326 e. The van der Waals surface area contributed by atoms with Crippen LogP contribution in [0.1, 0.15) is 46.8 Å². The van der Waals surface area contributed by atoms with E-state index < -0.39 is 0 Å². The van der Waals surface area contributed by atoms with Crippen molar-refractivity contribution in [3.63, 3.8) is 0 Å². The summed E-state index contributed by atoms with van der Waals surface area (Å²) in [5.74, 6) is 0.680. The lowest BCUT2D eigenvalue weighted by Crippen LogP contribution is -2.36. The highest BCUT2D eigenvalue weighted by atomic mass is 16.1. The number of guanidine groups is 1. The standard InChI is InChI=1S/C24H26N4O/c1-17(2)20-8-10-21(11-9-20)27-24(26-16-19-12-14-25-15-13-19)28-23(29)22-7-5-4-6-18(22)3/h4-15,17H,16H2,1-3H3,(H2,26,27,28,29). The number of aliphatic imine (C=N–C) groups is 1. The van der Waals surface area contributed by atoms with Crippen LogP contribution in [0.2, 0.25) is 0 Å². The fourth-order valence-corrected chi connectivity index (χ4v) is 2.86. The summed E-state index contributed by atoms with van der Waals surface area (Å²) in [4.78, 5) is 21.4. The Morgan fingerprint density at radius 3 is 2.34 bits per heavy atom. The summed E-state index contributed by atoms with van der Waals surface area (Å²) in [6.45, 7) is 6.67. The molecule has 0 spiro atoms. The lowest BCUT2D eigenvalue weighted by Gasteiger charge is -2.14. The van der Waals surface area contributed by atoms with Gasteiger partial charge in [-0.2, -0.15) is 0 Å². The molecule has 1 amide bonds. The van der Waals surface area contributed by atoms with Crippen molar-refractivity contribution in [1.29, 1.82) is 0 Å². The van der Waals surface area contributed by atoms with Gasteiger partial charge in [0.05, 0.1) is 6.54 Å². The van der Waals surface area contributed by atoms with Gasteiger partial charge in [0.2, 0.25) is 5.96 Å². The van der Waals surface area contributed by atoms with Gasteiger partial charge >= 0.3 is 0 Å². The maximum Gasteiger partial charge on any atom is 0.258 e. The number of nitrogens with one attached hydrogen (secondary N) is 2. The highest BCUT2D eigenvalue weighted by molar-refractivity contribution is 6.10. The molecule has 0 unspecified atom stereocenters. The van der Waals surface area contributed by atoms with Gasteiger partial charge in [0.1, 0.15) is 0 Å². The zero-order valence-electron chi connectivity index (χ0n) is 17.0. The molecule has 2 aromatic carbocycles. The molecule has 0 atom stereocenters. The van der Waals surface area contributed by atoms with Crippen LogP contribution in [0.3, 0.4) is 0 Å². The molecule has 0 fully saturated rings. The van der Waals surface area contributed by atoms with Crippen LogP contribution in [0.5, 0.6) is 0 Å². The van der Waals surface area contributed by atoms with Crippen molar-refractivity contribution in [3.05, 3.63) is 95.3 Å². The van der Waals surface area contributed by atoms with Gasteiger partial charge in [0, 0.05) is 23.6 Å². The lowest BCUT2D eigenvalue weighted by atomic mass is 10.0. The van der Waals surface area contributed by atoms with E-state index in [0.717, 1.165) is 16.8 Å². The van der Waals surface area contributed by atoms with E-state index in [4.69, 9.17) is 0 Å². The second-order valence-corrected chi connectivity index (χ2v) is 7.19. The molecule has 1 aromatic heterocycles. The molecular formula is C24H26N4O. The second-order valence-electron chi connectivity index (χ2n) is 7.19. The fourth-order valence-electron chi connectivity index (χ4n) is 2.86. The number of rotatable bonds is 5. The van der Waals surface area contributed by atoms with Crippen molar-refractivity contribution >= 4 is 17.6 Å². The van der Waals surface area contributed by atoms with Crippen LogP contribution in [0.25, 0.3) is 0 Å². The third kappa shape index (κ3) is 5.75. The van der Waals surface area contributed by atoms with Crippen molar-refractivity contribution in [3.8, 4) is 0 Å². The SMILES string of the molecule is Cc1ccccc1C(=O)NC(=NCc1ccncc1)Nc1ccc(C(C)C)cc1. The zero-order valence-corrected chi connectivity index (χ0v) is 17.0. The Balaban J connectivity index is 1.81. The number of carbonyl (C=O) groups excluding carboxylic acids is 1. The highest BCUT2D eigenvalue weighted by Gasteiger charge is 2.11. The first-order chi connectivity index (χ1) is 14.0. The summed E-state index contributed by atoms with van der Waals surface area (Å²) in [7, 11) is 0. The first-order valence-electron chi connectivity index (χ1n) is 9.70. The van der Waals surface area contributed by atoms with E-state index in [0.29, 0.717) is 24.0 Å². The summed E-state index contributed by atoms with van der Waals surface area (Å²) in [5.41, 5.74) is 4.68. The van der Waals surface area contributed by atoms with E-state index in [2.05, 4.69) is 46.6 Å². The Kier molecular flexibility index (Phi) is 6.74. The van der Waals surface area contributed by atoms with Gasteiger partial charge in [-0.3, -0.25) is 15.1 Å². The van der Waals surface area contributed by atoms with Gasteiger partial charge < -0.3 is 5.32 Å². The smallest absolute Gasteiger partial charge is 0.258 e. The molecule has 0 aliphatic heterocycles. The molecule has 0 bridgehead atoms. The molecule has 2 N–H and O–H groups in total. The Hall–Kier alpha value is -3.47. The topological polar surface area (TPSA) is 66.4 Å². The highest BCUT2D eigenvalue weighted by Crippen LogP contribution is 2.17. The van der Waals surface area contributed by atoms with Crippen LogP contribution in [-0.2, 0) is 6.54 Å². The number of aromatic nitrogens is 1. The monoisotopic (exact) mass is 386 g/mol. The molecule has 0 saturated carbocycles. The molecule has 0 aliphatic rings. The minimum atomic E-state index is -0.192. The molecule has 1 heterocycles. The average molecular weight is 386 g/mol. The van der Waals surface area contributed by atoms with Crippen molar-refractivity contribution < 1.29 is 4.79 Å². The molecule has 0 saturated heterocycles. The van der Waals surface area contributed by atoms with E-state index >= 15 is 0 Å². The first kappa shape index (κ1) is 20.3. The molecule has 0 aliphatic carbocycles. The third-order valence-corrected chi connectivity index (χ3v) is 4.63. The van der Waals surface area contributed by atoms with E-state index in [1.165, 1.54) is 5.56 Å². The summed E-state index contributed by atoms with van der Waals surface area (Å²) in [5, 5.41) is 6.15. The summed E-state index contributed by atoms with van der Waals surface area (Å²) in [6, 6.07) is 19.5. The van der Waals surface area contributed by atoms with Crippen molar-refractivity contribution in [2.24, 2.45) is 4.99 Å². The van der Waals surface area contributed by atoms with Crippen molar-refractivity contribution in [2.45, 2.75) is 33.2 Å². The van der Waals surface area contributed by atoms with E-state index in [1.54, 1.807) is 12.4 Å². The second kappa shape index (κ2) is 9.64. The first-order valence-corrected chi connectivity index (χ1v) is 9.70. The van der Waals surface area contributed by atoms with Gasteiger partial charge in [0.25, 0.3) is 5.91 Å². The third-order valence-electron chi connectivity index (χ3n) is 4.63. The number of aryl methyl sites for hydroxylation is 1. The minimum absolute atomic E-state index is 0.192. The van der Waals surface area contributed by atoms with E-state index in [-0.39, 0.29) is 5.91 Å². The number of amides is 1. The van der Waals surface area contributed by atoms with Crippen LogP contribution < -0.4 is 10.6 Å². The van der Waals surface area contributed by atoms with Crippen molar-refractivity contribution in [2.75, 3.05) is 5.32 Å². The van der Waals surface area contributed by atoms with Gasteiger partial charge in [-0.05, 0) is 59.9 Å². The molecule has 5 heteroatoms. The number of carbonyl (C=O) groups is 1. The number of hydrogen-bond donors (Lipinski definition) is 2. The van der Waals surface area contributed by atoms with Gasteiger partial charge in [-0.25, -0.2) is 4.99 Å². The fraction of sp³-hybridized carbons (Fsp3) is 0.208. The van der Waals surface area contributed by atoms with Crippen LogP contribution in [0.15, 0.2) is 78.0 Å². The number of anilines is 1. The number of pyridine rings is 1. The summed E-state index contributed by atoms with van der Waals surface area (Å²) < 4.78 is 0. The minimum Gasteiger partial charge on any atom is -0.326 e. The maximum atomic E-state index is 12.8. The Morgan fingerprint density at radius 1 is 1.00 bits per heavy atom. The number of hydrogen-bond acceptors (Lipinski definition) is 3. The Morgan fingerprint density at radius 2 is 1.69 bits per heavy atom. The molecule has 3 rings (SSSR count). The Bertz CT molecular complexity index is 979. The summed E-state index contributed by atoms with van der Waals surface area (Å²) in [6.07, 6.45) is 3.46. The quantitative estimate of drug-likeness (QED) is 0.483. The molecule has 29 heavy (non-hydrogen) atoms. The predicted octanol–water partition coefficient (Wildman–Crippen LogP) is 4.91. The maximum absolute atomic E-state index is 12.8. The van der Waals surface area contributed by atoms with Crippen LogP contribution in [-0.4, -0.2) is 16.9 Å². The molecule has 3 aromatic rings. The Labute approximate surface area is 171 Å². The zero-order chi connectivity index (χ0) is 20.6. The molecule has 5 nitrogen and oxygen atoms in total. The van der Waals surface area contributed by atoms with Crippen LogP contribution in [0.4, 0.5) is 5.69 Å². The van der Waals surface area contributed by atoms with Gasteiger partial charge in [-0.1, -0.05) is 44.2 Å². The lowest BCUT2D eigenvalue weighted by molar-refractivity contribution is 0.0976. The molecule has 148 valence electrons. The van der Waals surface area contributed by atoms with E-state index in [1.807, 2.05) is 55.5 Å². The average Bonchev–Trinajstić information content (AvgIpc) is 2.73. The summed E-state index contributed by atoms with van der Waals surface area (Å²) >= 11 is 0. The number of benzene rings is 2. The molecule has 0 radical (unpaired) electrons. The van der Waals surface area contributed by atoms with Gasteiger partial charge in [0.15, 0.2) is 0 Å². The van der Waals surface area contributed by atoms with Gasteiger partial charge in [-0.15, -0.1) is 0 Å². The number of nitrogens with zero attached hydrogens (tertiary/aromatic N) is 2. The van der Waals surface area contributed by atoms with E-state index in [9.17, 15) is 4.79 Å². The predicted molar refractivity (Wildman–Crippen MR) is 118 cm³/mol.